The van der Waals surface area contributed by atoms with E-state index in [1.165, 1.54) is 4.40 Å². The van der Waals surface area contributed by atoms with Crippen LogP contribution < -0.4 is 4.72 Å². The first-order valence-corrected chi connectivity index (χ1v) is 7.97. The molecule has 0 saturated heterocycles. The van der Waals surface area contributed by atoms with Gasteiger partial charge >= 0.3 is 0 Å². The molecule has 7 heteroatoms. The molecule has 0 radical (unpaired) electrons. The highest BCUT2D eigenvalue weighted by molar-refractivity contribution is 7.89. The van der Waals surface area contributed by atoms with Crippen LogP contribution in [0.2, 0.25) is 5.15 Å². The SMILES string of the molecule is CC1CC1CNS(=O)(=O)c1c(Cl)nc2ccccn12. The average molecular weight is 300 g/mol. The molecule has 2 atom stereocenters. The molecule has 2 unspecified atom stereocenters. The topological polar surface area (TPSA) is 63.5 Å². The summed E-state index contributed by atoms with van der Waals surface area (Å²) in [5, 5.41) is 0.0145. The zero-order valence-electron chi connectivity index (χ0n) is 10.4. The van der Waals surface area contributed by atoms with E-state index in [1.807, 2.05) is 0 Å². The van der Waals surface area contributed by atoms with Gasteiger partial charge < -0.3 is 0 Å². The van der Waals surface area contributed by atoms with Crippen molar-refractivity contribution in [3.8, 4) is 0 Å². The number of sulfonamides is 1. The summed E-state index contributed by atoms with van der Waals surface area (Å²) in [7, 11) is -3.63. The van der Waals surface area contributed by atoms with Crippen LogP contribution in [0, 0.1) is 11.8 Å². The summed E-state index contributed by atoms with van der Waals surface area (Å²) in [6.07, 6.45) is 2.71. The third-order valence-electron chi connectivity index (χ3n) is 3.51. The summed E-state index contributed by atoms with van der Waals surface area (Å²) in [5.74, 6) is 1.04. The molecular weight excluding hydrogens is 286 g/mol. The van der Waals surface area contributed by atoms with E-state index in [4.69, 9.17) is 11.6 Å². The largest absolute Gasteiger partial charge is 0.288 e. The molecule has 0 amide bonds. The highest BCUT2D eigenvalue weighted by atomic mass is 35.5. The molecule has 1 aliphatic rings. The monoisotopic (exact) mass is 299 g/mol. The Hall–Kier alpha value is -1.11. The van der Waals surface area contributed by atoms with Crippen molar-refractivity contribution in [2.45, 2.75) is 18.4 Å². The van der Waals surface area contributed by atoms with E-state index in [1.54, 1.807) is 24.4 Å². The Morgan fingerprint density at radius 3 is 2.95 bits per heavy atom. The number of halogens is 1. The lowest BCUT2D eigenvalue weighted by Gasteiger charge is -2.06. The first kappa shape index (κ1) is 12.9. The van der Waals surface area contributed by atoms with Crippen molar-refractivity contribution in [1.82, 2.24) is 14.1 Å². The summed E-state index contributed by atoms with van der Waals surface area (Å²) in [6, 6.07) is 5.25. The Balaban J connectivity index is 1.95. The molecule has 0 bridgehead atoms. The normalized spacial score (nSPS) is 22.8. The van der Waals surface area contributed by atoms with E-state index in [0.29, 0.717) is 24.0 Å². The Morgan fingerprint density at radius 2 is 2.26 bits per heavy atom. The van der Waals surface area contributed by atoms with Crippen LogP contribution in [0.25, 0.3) is 5.65 Å². The van der Waals surface area contributed by atoms with Crippen LogP contribution in [0.4, 0.5) is 0 Å². The maximum atomic E-state index is 12.3. The molecule has 1 saturated carbocycles. The van der Waals surface area contributed by atoms with Crippen molar-refractivity contribution in [3.63, 3.8) is 0 Å². The number of imidazole rings is 1. The van der Waals surface area contributed by atoms with E-state index in [0.717, 1.165) is 6.42 Å². The van der Waals surface area contributed by atoms with E-state index in [-0.39, 0.29) is 10.2 Å². The molecule has 2 heterocycles. The van der Waals surface area contributed by atoms with Gasteiger partial charge in [-0.25, -0.2) is 18.1 Å². The second-order valence-electron chi connectivity index (χ2n) is 4.96. The fourth-order valence-electron chi connectivity index (χ4n) is 2.15. The number of pyridine rings is 1. The van der Waals surface area contributed by atoms with Gasteiger partial charge in [0.15, 0.2) is 10.2 Å². The van der Waals surface area contributed by atoms with Crippen LogP contribution in [0.1, 0.15) is 13.3 Å². The van der Waals surface area contributed by atoms with Crippen LogP contribution in [0.15, 0.2) is 29.4 Å². The molecule has 0 aromatic carbocycles. The van der Waals surface area contributed by atoms with Gasteiger partial charge in [0, 0.05) is 12.7 Å². The summed E-state index contributed by atoms with van der Waals surface area (Å²) in [5.41, 5.74) is 0.521. The standard InChI is InChI=1S/C12H14ClN3O2S/c1-8-6-9(8)7-14-19(17,18)12-11(13)15-10-4-2-3-5-16(10)12/h2-5,8-9,14H,6-7H2,1H3. The quantitative estimate of drug-likeness (QED) is 0.938. The lowest BCUT2D eigenvalue weighted by Crippen LogP contribution is -2.27. The van der Waals surface area contributed by atoms with Crippen molar-refractivity contribution in [2.24, 2.45) is 11.8 Å². The smallest absolute Gasteiger partial charge is 0.259 e. The number of rotatable bonds is 4. The molecule has 102 valence electrons. The fourth-order valence-corrected chi connectivity index (χ4v) is 3.89. The second kappa shape index (κ2) is 4.47. The molecule has 2 aromatic heterocycles. The summed E-state index contributed by atoms with van der Waals surface area (Å²) < 4.78 is 28.7. The number of nitrogens with one attached hydrogen (secondary N) is 1. The van der Waals surface area contributed by atoms with Gasteiger partial charge in [0.1, 0.15) is 5.65 Å². The summed E-state index contributed by atoms with van der Waals surface area (Å²) in [6.45, 7) is 2.57. The molecule has 0 aliphatic heterocycles. The minimum absolute atomic E-state index is 0.00236. The number of aromatic nitrogens is 2. The molecule has 1 N–H and O–H groups in total. The first-order valence-electron chi connectivity index (χ1n) is 6.11. The molecule has 5 nitrogen and oxygen atoms in total. The maximum Gasteiger partial charge on any atom is 0.259 e. The van der Waals surface area contributed by atoms with Crippen molar-refractivity contribution >= 4 is 27.3 Å². The zero-order valence-corrected chi connectivity index (χ0v) is 11.9. The Morgan fingerprint density at radius 1 is 1.53 bits per heavy atom. The van der Waals surface area contributed by atoms with Crippen molar-refractivity contribution in [1.29, 1.82) is 0 Å². The van der Waals surface area contributed by atoms with Gasteiger partial charge in [-0.1, -0.05) is 24.6 Å². The molecule has 19 heavy (non-hydrogen) atoms. The number of fused-ring (bicyclic) bond motifs is 1. The van der Waals surface area contributed by atoms with E-state index >= 15 is 0 Å². The lowest BCUT2D eigenvalue weighted by molar-refractivity contribution is 0.570. The Bertz CT molecular complexity index is 726. The zero-order chi connectivity index (χ0) is 13.6. The van der Waals surface area contributed by atoms with Crippen LogP contribution in [-0.2, 0) is 10.0 Å². The fraction of sp³-hybridized carbons (Fsp3) is 0.417. The number of hydrogen-bond acceptors (Lipinski definition) is 3. The summed E-state index contributed by atoms with van der Waals surface area (Å²) >= 11 is 5.96. The minimum atomic E-state index is -3.63. The highest BCUT2D eigenvalue weighted by Crippen LogP contribution is 2.37. The van der Waals surface area contributed by atoms with Gasteiger partial charge in [0.25, 0.3) is 10.0 Å². The van der Waals surface area contributed by atoms with Crippen LogP contribution in [0.3, 0.4) is 0 Å². The van der Waals surface area contributed by atoms with Gasteiger partial charge in [-0.2, -0.15) is 0 Å². The van der Waals surface area contributed by atoms with Crippen LogP contribution >= 0.6 is 11.6 Å². The maximum absolute atomic E-state index is 12.3. The average Bonchev–Trinajstić information content (AvgIpc) is 2.94. The molecule has 1 fully saturated rings. The van der Waals surface area contributed by atoms with Crippen LogP contribution in [0.5, 0.6) is 0 Å². The Labute approximate surface area is 116 Å². The number of hydrogen-bond donors (Lipinski definition) is 1. The van der Waals surface area contributed by atoms with E-state index in [2.05, 4.69) is 16.6 Å². The van der Waals surface area contributed by atoms with Gasteiger partial charge in [-0.05, 0) is 30.4 Å². The third-order valence-corrected chi connectivity index (χ3v) is 5.33. The molecular formula is C12H14ClN3O2S. The predicted molar refractivity (Wildman–Crippen MR) is 72.7 cm³/mol. The molecule has 1 aliphatic carbocycles. The summed E-state index contributed by atoms with van der Waals surface area (Å²) in [4.78, 5) is 4.05. The van der Waals surface area contributed by atoms with Gasteiger partial charge in [-0.3, -0.25) is 4.40 Å². The van der Waals surface area contributed by atoms with Crippen molar-refractivity contribution in [3.05, 3.63) is 29.5 Å². The minimum Gasteiger partial charge on any atom is -0.288 e. The molecule has 3 rings (SSSR count). The Kier molecular flexibility index (Phi) is 3.03. The van der Waals surface area contributed by atoms with Crippen LogP contribution in [-0.4, -0.2) is 24.3 Å². The van der Waals surface area contributed by atoms with Gasteiger partial charge in [0.2, 0.25) is 0 Å². The van der Waals surface area contributed by atoms with E-state index < -0.39 is 10.0 Å². The molecule has 2 aromatic rings. The molecule has 0 spiro atoms. The van der Waals surface area contributed by atoms with E-state index in [9.17, 15) is 8.42 Å². The van der Waals surface area contributed by atoms with Crippen molar-refractivity contribution < 1.29 is 8.42 Å². The predicted octanol–water partition coefficient (Wildman–Crippen LogP) is 1.92. The first-order chi connectivity index (χ1) is 8.99. The van der Waals surface area contributed by atoms with Gasteiger partial charge in [-0.15, -0.1) is 0 Å². The highest BCUT2D eigenvalue weighted by Gasteiger charge is 2.34. The van der Waals surface area contributed by atoms with Crippen molar-refractivity contribution in [2.75, 3.05) is 6.54 Å². The van der Waals surface area contributed by atoms with Gasteiger partial charge in [0.05, 0.1) is 0 Å². The second-order valence-corrected chi connectivity index (χ2v) is 7.00. The number of nitrogens with zero attached hydrogens (tertiary/aromatic N) is 2. The third kappa shape index (κ3) is 2.35. The lowest BCUT2D eigenvalue weighted by atomic mass is 10.3.